The molecular weight excluding hydrogens is 194 g/mol. The first kappa shape index (κ1) is 12.5. The van der Waals surface area contributed by atoms with E-state index in [0.29, 0.717) is 19.6 Å². The number of rotatable bonds is 3. The molecule has 1 rings (SSSR count). The molecule has 4 heteroatoms. The fraction of sp³-hybridized carbons (Fsp3) is 0.909. The van der Waals surface area contributed by atoms with Crippen molar-refractivity contribution in [1.29, 1.82) is 0 Å². The van der Waals surface area contributed by atoms with Gasteiger partial charge in [-0.3, -0.25) is 4.79 Å². The number of nitrogens with one attached hydrogen (secondary N) is 1. The Balaban J connectivity index is 2.19. The lowest BCUT2D eigenvalue weighted by molar-refractivity contribution is -0.146. The van der Waals surface area contributed by atoms with Crippen LogP contribution >= 0.6 is 0 Å². The van der Waals surface area contributed by atoms with Crippen molar-refractivity contribution in [3.8, 4) is 0 Å². The van der Waals surface area contributed by atoms with Gasteiger partial charge in [-0.1, -0.05) is 20.8 Å². The van der Waals surface area contributed by atoms with Crippen LogP contribution in [0, 0.1) is 5.41 Å². The molecule has 4 nitrogen and oxygen atoms in total. The van der Waals surface area contributed by atoms with Crippen molar-refractivity contribution in [2.24, 2.45) is 5.41 Å². The maximum Gasteiger partial charge on any atom is 0.323 e. The molecule has 0 radical (unpaired) electrons. The van der Waals surface area contributed by atoms with E-state index in [4.69, 9.17) is 4.74 Å². The lowest BCUT2D eigenvalue weighted by atomic mass is 9.93. The molecule has 0 aromatic rings. The van der Waals surface area contributed by atoms with E-state index in [1.807, 2.05) is 0 Å². The van der Waals surface area contributed by atoms with E-state index < -0.39 is 6.10 Å². The van der Waals surface area contributed by atoms with Gasteiger partial charge in [-0.2, -0.15) is 0 Å². The number of ether oxygens (including phenoxy) is 1. The van der Waals surface area contributed by atoms with Crippen LogP contribution in [0.3, 0.4) is 0 Å². The topological polar surface area (TPSA) is 58.6 Å². The third-order valence-corrected chi connectivity index (χ3v) is 2.49. The van der Waals surface area contributed by atoms with Gasteiger partial charge in [-0.15, -0.1) is 0 Å². The molecule has 0 saturated carbocycles. The van der Waals surface area contributed by atoms with Crippen LogP contribution in [-0.2, 0) is 9.53 Å². The van der Waals surface area contributed by atoms with E-state index in [-0.39, 0.29) is 17.4 Å². The lowest BCUT2D eigenvalue weighted by Crippen LogP contribution is -2.32. The molecule has 1 aliphatic rings. The number of aliphatic hydroxyl groups excluding tert-OH is 1. The van der Waals surface area contributed by atoms with Crippen LogP contribution in [0.2, 0.25) is 0 Å². The van der Waals surface area contributed by atoms with Crippen molar-refractivity contribution in [3.63, 3.8) is 0 Å². The standard InChI is InChI=1S/C11H21NO3/c1-11(2,3)4-5-15-10(14)9-6-8(13)7-12-9/h8-9,12-13H,4-7H2,1-3H3/t8?,9-/m0/s1. The van der Waals surface area contributed by atoms with Gasteiger partial charge >= 0.3 is 5.97 Å². The monoisotopic (exact) mass is 215 g/mol. The van der Waals surface area contributed by atoms with Crippen molar-refractivity contribution in [2.75, 3.05) is 13.2 Å². The molecule has 0 aliphatic carbocycles. The Morgan fingerprint density at radius 3 is 2.67 bits per heavy atom. The van der Waals surface area contributed by atoms with Crippen LogP contribution in [0.15, 0.2) is 0 Å². The minimum atomic E-state index is -0.412. The molecule has 1 unspecified atom stereocenters. The molecule has 0 aromatic heterocycles. The predicted octanol–water partition coefficient (Wildman–Crippen LogP) is 0.689. The highest BCUT2D eigenvalue weighted by molar-refractivity contribution is 5.76. The summed E-state index contributed by atoms with van der Waals surface area (Å²) in [5, 5.41) is 12.2. The van der Waals surface area contributed by atoms with Gasteiger partial charge in [-0.05, 0) is 11.8 Å². The number of carbonyl (C=O) groups is 1. The number of esters is 1. The highest BCUT2D eigenvalue weighted by Crippen LogP contribution is 2.18. The van der Waals surface area contributed by atoms with Gasteiger partial charge < -0.3 is 15.2 Å². The maximum absolute atomic E-state index is 11.5. The summed E-state index contributed by atoms with van der Waals surface area (Å²) in [6.07, 6.45) is 0.910. The molecule has 1 fully saturated rings. The van der Waals surface area contributed by atoms with Gasteiger partial charge in [-0.25, -0.2) is 0 Å². The number of β-amino-alcohol motifs (C(OH)–C–C–N with tert-alkyl or cyclic N) is 1. The van der Waals surface area contributed by atoms with Gasteiger partial charge in [0, 0.05) is 13.0 Å². The van der Waals surface area contributed by atoms with Crippen molar-refractivity contribution < 1.29 is 14.6 Å². The molecule has 2 atom stereocenters. The molecule has 1 aliphatic heterocycles. The molecule has 15 heavy (non-hydrogen) atoms. The zero-order valence-electron chi connectivity index (χ0n) is 9.75. The van der Waals surface area contributed by atoms with Crippen LogP contribution in [0.1, 0.15) is 33.6 Å². The van der Waals surface area contributed by atoms with E-state index in [2.05, 4.69) is 26.1 Å². The summed E-state index contributed by atoms with van der Waals surface area (Å²) >= 11 is 0. The Bertz CT molecular complexity index is 222. The Morgan fingerprint density at radius 2 is 2.20 bits per heavy atom. The number of hydrogen-bond donors (Lipinski definition) is 2. The largest absolute Gasteiger partial charge is 0.465 e. The molecule has 0 aromatic carbocycles. The quantitative estimate of drug-likeness (QED) is 0.680. The van der Waals surface area contributed by atoms with Crippen LogP contribution in [0.5, 0.6) is 0 Å². The first-order valence-electron chi connectivity index (χ1n) is 5.46. The van der Waals surface area contributed by atoms with Crippen LogP contribution in [-0.4, -0.2) is 36.4 Å². The van der Waals surface area contributed by atoms with E-state index in [1.165, 1.54) is 0 Å². The normalized spacial score (nSPS) is 26.7. The van der Waals surface area contributed by atoms with E-state index in [0.717, 1.165) is 6.42 Å². The number of hydrogen-bond acceptors (Lipinski definition) is 4. The van der Waals surface area contributed by atoms with Gasteiger partial charge in [0.15, 0.2) is 0 Å². The predicted molar refractivity (Wildman–Crippen MR) is 57.4 cm³/mol. The summed E-state index contributed by atoms with van der Waals surface area (Å²) in [5.41, 5.74) is 0.183. The van der Waals surface area contributed by atoms with E-state index >= 15 is 0 Å². The zero-order valence-corrected chi connectivity index (χ0v) is 9.75. The van der Waals surface area contributed by atoms with Crippen LogP contribution < -0.4 is 5.32 Å². The highest BCUT2D eigenvalue weighted by Gasteiger charge is 2.29. The van der Waals surface area contributed by atoms with E-state index in [1.54, 1.807) is 0 Å². The maximum atomic E-state index is 11.5. The molecule has 0 spiro atoms. The fourth-order valence-corrected chi connectivity index (χ4v) is 1.45. The Kier molecular flexibility index (Phi) is 4.11. The molecule has 88 valence electrons. The van der Waals surface area contributed by atoms with Gasteiger partial charge in [0.2, 0.25) is 0 Å². The average Bonchev–Trinajstić information content (AvgIpc) is 2.49. The lowest BCUT2D eigenvalue weighted by Gasteiger charge is -2.18. The Hall–Kier alpha value is -0.610. The molecular formula is C11H21NO3. The van der Waals surface area contributed by atoms with Gasteiger partial charge in [0.25, 0.3) is 0 Å². The summed E-state index contributed by atoms with van der Waals surface area (Å²) in [7, 11) is 0. The summed E-state index contributed by atoms with van der Waals surface area (Å²) in [6, 6.07) is -0.319. The molecule has 2 N–H and O–H groups in total. The summed E-state index contributed by atoms with van der Waals surface area (Å²) in [4.78, 5) is 11.5. The van der Waals surface area contributed by atoms with Crippen LogP contribution in [0.4, 0.5) is 0 Å². The third-order valence-electron chi connectivity index (χ3n) is 2.49. The second-order valence-corrected chi connectivity index (χ2v) is 5.33. The van der Waals surface area contributed by atoms with E-state index in [9.17, 15) is 9.90 Å². The second kappa shape index (κ2) is 4.94. The smallest absolute Gasteiger partial charge is 0.323 e. The molecule has 1 heterocycles. The molecule has 1 saturated heterocycles. The summed E-state index contributed by atoms with van der Waals surface area (Å²) < 4.78 is 5.14. The highest BCUT2D eigenvalue weighted by atomic mass is 16.5. The van der Waals surface area contributed by atoms with Crippen molar-refractivity contribution in [1.82, 2.24) is 5.32 Å². The summed E-state index contributed by atoms with van der Waals surface area (Å²) in [5.74, 6) is -0.240. The SMILES string of the molecule is CC(C)(C)CCOC(=O)[C@@H]1CC(O)CN1. The summed E-state index contributed by atoms with van der Waals surface area (Å²) in [6.45, 7) is 7.27. The van der Waals surface area contributed by atoms with Crippen molar-refractivity contribution in [3.05, 3.63) is 0 Å². The van der Waals surface area contributed by atoms with Crippen LogP contribution in [0.25, 0.3) is 0 Å². The Labute approximate surface area is 91.0 Å². The van der Waals surface area contributed by atoms with Gasteiger partial charge in [0.05, 0.1) is 12.7 Å². The molecule has 0 amide bonds. The second-order valence-electron chi connectivity index (χ2n) is 5.33. The minimum Gasteiger partial charge on any atom is -0.465 e. The van der Waals surface area contributed by atoms with Crippen molar-refractivity contribution >= 4 is 5.97 Å². The average molecular weight is 215 g/mol. The fourth-order valence-electron chi connectivity index (χ4n) is 1.45. The first-order valence-corrected chi connectivity index (χ1v) is 5.46. The third kappa shape index (κ3) is 4.62. The van der Waals surface area contributed by atoms with Gasteiger partial charge in [0.1, 0.15) is 6.04 Å². The Morgan fingerprint density at radius 1 is 1.53 bits per heavy atom. The number of aliphatic hydroxyl groups is 1. The number of carbonyl (C=O) groups excluding carboxylic acids is 1. The minimum absolute atomic E-state index is 0.183. The van der Waals surface area contributed by atoms with Crippen molar-refractivity contribution in [2.45, 2.75) is 45.8 Å². The first-order chi connectivity index (χ1) is 6.88. The molecule has 0 bridgehead atoms. The zero-order chi connectivity index (χ0) is 11.5.